The molecule has 4 rings (SSSR count). The third-order valence-corrected chi connectivity index (χ3v) is 5.50. The molecule has 2 heterocycles. The molecule has 1 aliphatic heterocycles. The summed E-state index contributed by atoms with van der Waals surface area (Å²) in [6.45, 7) is 9.82. The van der Waals surface area contributed by atoms with Crippen LogP contribution in [0.3, 0.4) is 0 Å². The second-order valence-electron chi connectivity index (χ2n) is 7.76. The molecular weight excluding hydrogens is 332 g/mol. The molecule has 27 heavy (non-hydrogen) atoms. The van der Waals surface area contributed by atoms with Gasteiger partial charge in [-0.05, 0) is 38.8 Å². The van der Waals surface area contributed by atoms with Crippen molar-refractivity contribution in [2.24, 2.45) is 0 Å². The quantitative estimate of drug-likeness (QED) is 0.598. The lowest BCUT2D eigenvalue weighted by atomic mass is 9.94. The molecule has 1 aliphatic rings. The van der Waals surface area contributed by atoms with Crippen molar-refractivity contribution in [1.82, 2.24) is 15.0 Å². The molecule has 1 aromatic heterocycles. The number of aromatic nitrogens is 3. The highest BCUT2D eigenvalue weighted by atomic mass is 15.4. The summed E-state index contributed by atoms with van der Waals surface area (Å²) in [6.07, 6.45) is 2.35. The minimum absolute atomic E-state index is 0.252. The van der Waals surface area contributed by atoms with E-state index in [0.29, 0.717) is 6.04 Å². The van der Waals surface area contributed by atoms with Gasteiger partial charge < -0.3 is 4.90 Å². The SMILES string of the molecule is CCCC(C)N1Cc2ccccc2-c2nnn(C(C)C)c2-c2ccccc21. The van der Waals surface area contributed by atoms with Crippen molar-refractivity contribution in [3.63, 3.8) is 0 Å². The number of rotatable bonds is 4. The number of anilines is 1. The van der Waals surface area contributed by atoms with Crippen LogP contribution in [-0.4, -0.2) is 21.0 Å². The minimum Gasteiger partial charge on any atom is -0.364 e. The van der Waals surface area contributed by atoms with Crippen LogP contribution in [0.15, 0.2) is 48.5 Å². The fraction of sp³-hybridized carbons (Fsp3) is 0.391. The van der Waals surface area contributed by atoms with Crippen LogP contribution in [0.2, 0.25) is 0 Å². The van der Waals surface area contributed by atoms with Gasteiger partial charge in [0.05, 0.1) is 5.69 Å². The maximum absolute atomic E-state index is 4.62. The molecule has 0 bridgehead atoms. The Morgan fingerprint density at radius 3 is 2.41 bits per heavy atom. The van der Waals surface area contributed by atoms with Crippen molar-refractivity contribution in [3.8, 4) is 22.5 Å². The highest BCUT2D eigenvalue weighted by Crippen LogP contribution is 2.42. The van der Waals surface area contributed by atoms with Gasteiger partial charge in [-0.2, -0.15) is 0 Å². The van der Waals surface area contributed by atoms with E-state index in [1.54, 1.807) is 0 Å². The van der Waals surface area contributed by atoms with Gasteiger partial charge in [-0.3, -0.25) is 0 Å². The second kappa shape index (κ2) is 7.18. The van der Waals surface area contributed by atoms with Crippen LogP contribution in [0, 0.1) is 0 Å². The maximum Gasteiger partial charge on any atom is 0.121 e. The lowest BCUT2D eigenvalue weighted by Gasteiger charge is -2.35. The average Bonchev–Trinajstić information content (AvgIpc) is 3.10. The molecule has 0 radical (unpaired) electrons. The van der Waals surface area contributed by atoms with Crippen molar-refractivity contribution in [3.05, 3.63) is 54.1 Å². The van der Waals surface area contributed by atoms with Crippen molar-refractivity contribution in [1.29, 1.82) is 0 Å². The van der Waals surface area contributed by atoms with Gasteiger partial charge in [-0.15, -0.1) is 5.10 Å². The van der Waals surface area contributed by atoms with Crippen LogP contribution in [0.25, 0.3) is 22.5 Å². The van der Waals surface area contributed by atoms with Gasteiger partial charge in [0.1, 0.15) is 5.69 Å². The Morgan fingerprint density at radius 2 is 1.67 bits per heavy atom. The smallest absolute Gasteiger partial charge is 0.121 e. The summed E-state index contributed by atoms with van der Waals surface area (Å²) in [7, 11) is 0. The summed E-state index contributed by atoms with van der Waals surface area (Å²) in [6, 6.07) is 18.1. The highest BCUT2D eigenvalue weighted by molar-refractivity contribution is 5.88. The van der Waals surface area contributed by atoms with Gasteiger partial charge >= 0.3 is 0 Å². The summed E-state index contributed by atoms with van der Waals surface area (Å²) < 4.78 is 2.07. The van der Waals surface area contributed by atoms with E-state index in [-0.39, 0.29) is 6.04 Å². The van der Waals surface area contributed by atoms with Crippen molar-refractivity contribution in [2.75, 3.05) is 4.90 Å². The lowest BCUT2D eigenvalue weighted by Crippen LogP contribution is -2.33. The summed E-state index contributed by atoms with van der Waals surface area (Å²) in [4.78, 5) is 2.55. The molecule has 4 nitrogen and oxygen atoms in total. The topological polar surface area (TPSA) is 34.0 Å². The average molecular weight is 361 g/mol. The van der Waals surface area contributed by atoms with Gasteiger partial charge in [-0.25, -0.2) is 4.68 Å². The first-order valence-corrected chi connectivity index (χ1v) is 10.0. The number of fused-ring (bicyclic) bond motifs is 5. The van der Waals surface area contributed by atoms with E-state index in [1.165, 1.54) is 35.2 Å². The van der Waals surface area contributed by atoms with Gasteiger partial charge in [0, 0.05) is 35.4 Å². The summed E-state index contributed by atoms with van der Waals surface area (Å²) in [5.74, 6) is 0. The van der Waals surface area contributed by atoms with E-state index in [2.05, 4.69) is 96.1 Å². The molecule has 0 spiro atoms. The zero-order valence-electron chi connectivity index (χ0n) is 16.7. The molecule has 0 N–H and O–H groups in total. The van der Waals surface area contributed by atoms with Crippen LogP contribution in [-0.2, 0) is 6.54 Å². The number of hydrogen-bond donors (Lipinski definition) is 0. The third kappa shape index (κ3) is 3.03. The molecule has 0 fully saturated rings. The molecule has 0 amide bonds. The van der Waals surface area contributed by atoms with Crippen LogP contribution in [0.4, 0.5) is 5.69 Å². The Hall–Kier alpha value is -2.62. The molecule has 3 aromatic rings. The summed E-state index contributed by atoms with van der Waals surface area (Å²) in [5.41, 5.74) is 7.13. The predicted octanol–water partition coefficient (Wildman–Crippen LogP) is 5.70. The van der Waals surface area contributed by atoms with Crippen molar-refractivity contribution < 1.29 is 0 Å². The first kappa shape index (κ1) is 17.8. The molecule has 0 saturated carbocycles. The highest BCUT2D eigenvalue weighted by Gasteiger charge is 2.28. The Balaban J connectivity index is 2.03. The standard InChI is InChI=1S/C23H28N4/c1-5-10-17(4)26-15-18-11-6-7-12-19(18)22-23(27(16(2)3)25-24-22)20-13-8-9-14-21(20)26/h6-9,11-14,16-17H,5,10,15H2,1-4H3. The van der Waals surface area contributed by atoms with Crippen molar-refractivity contribution in [2.45, 2.75) is 59.2 Å². The van der Waals surface area contributed by atoms with Crippen molar-refractivity contribution >= 4 is 5.69 Å². The fourth-order valence-electron chi connectivity index (χ4n) is 4.14. The first-order valence-electron chi connectivity index (χ1n) is 10.0. The summed E-state index contributed by atoms with van der Waals surface area (Å²) >= 11 is 0. The third-order valence-electron chi connectivity index (χ3n) is 5.50. The normalized spacial score (nSPS) is 14.2. The Morgan fingerprint density at radius 1 is 0.963 bits per heavy atom. The van der Waals surface area contributed by atoms with Crippen LogP contribution < -0.4 is 4.90 Å². The number of para-hydroxylation sites is 1. The Bertz CT molecular complexity index is 941. The Labute approximate surface area is 161 Å². The van der Waals surface area contributed by atoms with E-state index < -0.39 is 0 Å². The summed E-state index contributed by atoms with van der Waals surface area (Å²) in [5, 5.41) is 9.15. The molecule has 1 atom stereocenters. The molecule has 140 valence electrons. The monoisotopic (exact) mass is 360 g/mol. The van der Waals surface area contributed by atoms with Crippen LogP contribution in [0.1, 0.15) is 52.1 Å². The van der Waals surface area contributed by atoms with Gasteiger partial charge in [-0.1, -0.05) is 61.0 Å². The van der Waals surface area contributed by atoms with Gasteiger partial charge in [0.2, 0.25) is 0 Å². The van der Waals surface area contributed by atoms with Gasteiger partial charge in [0.25, 0.3) is 0 Å². The van der Waals surface area contributed by atoms with E-state index in [0.717, 1.165) is 17.9 Å². The number of benzene rings is 2. The fourth-order valence-corrected chi connectivity index (χ4v) is 4.14. The van der Waals surface area contributed by atoms with E-state index in [9.17, 15) is 0 Å². The van der Waals surface area contributed by atoms with Crippen LogP contribution >= 0.6 is 0 Å². The number of nitrogens with zero attached hydrogens (tertiary/aromatic N) is 4. The first-order chi connectivity index (χ1) is 13.1. The Kier molecular flexibility index (Phi) is 4.73. The molecule has 4 heteroatoms. The molecular formula is C23H28N4. The second-order valence-corrected chi connectivity index (χ2v) is 7.76. The van der Waals surface area contributed by atoms with E-state index >= 15 is 0 Å². The van der Waals surface area contributed by atoms with E-state index in [4.69, 9.17) is 0 Å². The van der Waals surface area contributed by atoms with Gasteiger partial charge in [0.15, 0.2) is 0 Å². The lowest BCUT2D eigenvalue weighted by molar-refractivity contribution is 0.519. The zero-order valence-corrected chi connectivity index (χ0v) is 16.7. The predicted molar refractivity (Wildman–Crippen MR) is 112 cm³/mol. The largest absolute Gasteiger partial charge is 0.364 e. The molecule has 2 aromatic carbocycles. The molecule has 0 saturated heterocycles. The molecule has 1 unspecified atom stereocenters. The molecule has 0 aliphatic carbocycles. The zero-order chi connectivity index (χ0) is 19.0. The minimum atomic E-state index is 0.252. The van der Waals surface area contributed by atoms with Crippen LogP contribution in [0.5, 0.6) is 0 Å². The number of hydrogen-bond acceptors (Lipinski definition) is 3. The maximum atomic E-state index is 4.62. The van der Waals surface area contributed by atoms with E-state index in [1.807, 2.05) is 0 Å².